The largest absolute Gasteiger partial charge is 0.329 e. The molecule has 0 spiro atoms. The molecule has 2 fully saturated rings. The van der Waals surface area contributed by atoms with Gasteiger partial charge in [0.1, 0.15) is 0 Å². The molecule has 6 heteroatoms. The van der Waals surface area contributed by atoms with E-state index in [4.69, 9.17) is 11.6 Å². The molecule has 20 heavy (non-hydrogen) atoms. The number of nitrogens with one attached hydrogen (secondary N) is 1. The van der Waals surface area contributed by atoms with E-state index in [9.17, 15) is 14.0 Å². The Hall–Kier alpha value is -1.10. The van der Waals surface area contributed by atoms with Crippen LogP contribution in [-0.2, 0) is 0 Å². The summed E-state index contributed by atoms with van der Waals surface area (Å²) in [5.74, 6) is -0.615. The monoisotopic (exact) mass is 300 g/mol. The zero-order valence-electron chi connectivity index (χ0n) is 11.8. The summed E-state index contributed by atoms with van der Waals surface area (Å²) in [7, 11) is 0. The van der Waals surface area contributed by atoms with Gasteiger partial charge in [-0.3, -0.25) is 14.3 Å². The van der Waals surface area contributed by atoms with Crippen molar-refractivity contribution in [3.8, 4) is 0 Å². The van der Waals surface area contributed by atoms with Crippen LogP contribution in [0.2, 0.25) is 5.15 Å². The van der Waals surface area contributed by atoms with Crippen molar-refractivity contribution in [1.29, 1.82) is 0 Å². The van der Waals surface area contributed by atoms with E-state index in [1.54, 1.807) is 0 Å². The number of hydrogen-bond acceptors (Lipinski definition) is 2. The molecular formula is C14H18ClFN2O2. The molecule has 3 rings (SSSR count). The summed E-state index contributed by atoms with van der Waals surface area (Å²) < 4.78 is 14.9. The topological polar surface area (TPSA) is 54.9 Å². The number of halogens is 2. The molecule has 1 aromatic heterocycles. The second-order valence-corrected chi connectivity index (χ2v) is 7.43. The Bertz CT molecular complexity index is 689. The highest BCUT2D eigenvalue weighted by Crippen LogP contribution is 2.67. The van der Waals surface area contributed by atoms with Gasteiger partial charge in [0, 0.05) is 0 Å². The van der Waals surface area contributed by atoms with Crippen molar-refractivity contribution in [2.45, 2.75) is 46.1 Å². The number of nitrogens with zero attached hydrogens (tertiary/aromatic N) is 1. The number of H-pyrrole nitrogens is 1. The van der Waals surface area contributed by atoms with Crippen LogP contribution in [0.25, 0.3) is 0 Å². The van der Waals surface area contributed by atoms with E-state index in [2.05, 4.69) is 25.8 Å². The van der Waals surface area contributed by atoms with Gasteiger partial charge < -0.3 is 0 Å². The number of aromatic amines is 1. The van der Waals surface area contributed by atoms with E-state index >= 15 is 0 Å². The van der Waals surface area contributed by atoms with Crippen molar-refractivity contribution in [2.75, 3.05) is 0 Å². The van der Waals surface area contributed by atoms with Gasteiger partial charge in [-0.05, 0) is 36.0 Å². The summed E-state index contributed by atoms with van der Waals surface area (Å²) in [5.41, 5.74) is -1.87. The second-order valence-electron chi connectivity index (χ2n) is 7.05. The van der Waals surface area contributed by atoms with Gasteiger partial charge in [-0.15, -0.1) is 0 Å². The van der Waals surface area contributed by atoms with Crippen molar-refractivity contribution in [3.05, 3.63) is 31.8 Å². The summed E-state index contributed by atoms with van der Waals surface area (Å²) >= 11 is 5.54. The first-order chi connectivity index (χ1) is 9.18. The van der Waals surface area contributed by atoms with Gasteiger partial charge in [0.05, 0.1) is 6.04 Å². The van der Waals surface area contributed by atoms with E-state index in [0.29, 0.717) is 5.92 Å². The third-order valence-corrected chi connectivity index (χ3v) is 5.75. The molecule has 0 amide bonds. The van der Waals surface area contributed by atoms with Crippen molar-refractivity contribution in [2.24, 2.45) is 16.7 Å². The quantitative estimate of drug-likeness (QED) is 0.811. The minimum Gasteiger partial charge on any atom is -0.295 e. The highest BCUT2D eigenvalue weighted by molar-refractivity contribution is 6.29. The van der Waals surface area contributed by atoms with Crippen LogP contribution in [0.15, 0.2) is 9.59 Å². The molecule has 3 unspecified atom stereocenters. The van der Waals surface area contributed by atoms with Crippen LogP contribution < -0.4 is 11.2 Å². The van der Waals surface area contributed by atoms with Gasteiger partial charge in [-0.1, -0.05) is 32.4 Å². The molecule has 1 aromatic rings. The maximum absolute atomic E-state index is 13.8. The first-order valence-electron chi connectivity index (χ1n) is 6.88. The molecule has 0 radical (unpaired) electrons. The minimum atomic E-state index is -1.08. The fraction of sp³-hybridized carbons (Fsp3) is 0.714. The highest BCUT2D eigenvalue weighted by Gasteiger charge is 2.60. The molecule has 1 N–H and O–H groups in total. The maximum Gasteiger partial charge on any atom is 0.329 e. The molecule has 2 aliphatic carbocycles. The summed E-state index contributed by atoms with van der Waals surface area (Å²) in [4.78, 5) is 26.6. The molecular weight excluding hydrogens is 283 g/mol. The lowest BCUT2D eigenvalue weighted by Gasteiger charge is -2.43. The predicted molar refractivity (Wildman–Crippen MR) is 74.6 cm³/mol. The lowest BCUT2D eigenvalue weighted by Crippen LogP contribution is -2.49. The van der Waals surface area contributed by atoms with Crippen LogP contribution in [0, 0.1) is 22.6 Å². The smallest absolute Gasteiger partial charge is 0.295 e. The minimum absolute atomic E-state index is 0.134. The molecule has 0 saturated heterocycles. The van der Waals surface area contributed by atoms with Gasteiger partial charge in [-0.25, -0.2) is 4.79 Å². The first kappa shape index (κ1) is 13.9. The Morgan fingerprint density at radius 2 is 2.00 bits per heavy atom. The fourth-order valence-corrected chi connectivity index (χ4v) is 4.82. The predicted octanol–water partition coefficient (Wildman–Crippen LogP) is 2.72. The third-order valence-electron chi connectivity index (χ3n) is 5.49. The van der Waals surface area contributed by atoms with Crippen LogP contribution in [0.5, 0.6) is 0 Å². The molecule has 2 aliphatic rings. The van der Waals surface area contributed by atoms with Crippen molar-refractivity contribution in [1.82, 2.24) is 9.55 Å². The normalized spacial score (nSPS) is 34.6. The van der Waals surface area contributed by atoms with E-state index in [0.717, 1.165) is 23.8 Å². The van der Waals surface area contributed by atoms with Crippen molar-refractivity contribution < 1.29 is 4.39 Å². The zero-order chi connectivity index (χ0) is 14.9. The molecule has 1 heterocycles. The van der Waals surface area contributed by atoms with Crippen LogP contribution >= 0.6 is 11.6 Å². The van der Waals surface area contributed by atoms with Gasteiger partial charge in [0.2, 0.25) is 5.82 Å². The van der Waals surface area contributed by atoms with Crippen molar-refractivity contribution in [3.63, 3.8) is 0 Å². The summed E-state index contributed by atoms with van der Waals surface area (Å²) in [6, 6.07) is -0.295. The third kappa shape index (κ3) is 1.59. The van der Waals surface area contributed by atoms with Gasteiger partial charge in [-0.2, -0.15) is 4.39 Å². The van der Waals surface area contributed by atoms with E-state index in [1.165, 1.54) is 0 Å². The Balaban J connectivity index is 2.27. The van der Waals surface area contributed by atoms with Crippen LogP contribution in [0.4, 0.5) is 4.39 Å². The summed E-state index contributed by atoms with van der Waals surface area (Å²) in [5, 5.41) is -0.512. The van der Waals surface area contributed by atoms with E-state index in [-0.39, 0.29) is 16.9 Å². The van der Waals surface area contributed by atoms with Gasteiger partial charge >= 0.3 is 5.69 Å². The zero-order valence-corrected chi connectivity index (χ0v) is 12.6. The number of aromatic nitrogens is 2. The maximum atomic E-state index is 13.8. The van der Waals surface area contributed by atoms with Crippen LogP contribution in [-0.4, -0.2) is 9.55 Å². The summed E-state index contributed by atoms with van der Waals surface area (Å²) in [6.45, 7) is 6.21. The van der Waals surface area contributed by atoms with Crippen LogP contribution in [0.1, 0.15) is 46.1 Å². The molecule has 3 atom stereocenters. The molecule has 2 bridgehead atoms. The standard InChI is InChI=1S/C14H18ClFN2O2/c1-13(2)7-4-5-14(3,6-7)11(13)18-10(19)8(16)9(15)17-12(18)20/h7,11H,4-6H2,1-3H3,(H,17,20). The molecule has 4 nitrogen and oxygen atoms in total. The molecule has 0 aliphatic heterocycles. The summed E-state index contributed by atoms with van der Waals surface area (Å²) in [6.07, 6.45) is 3.03. The molecule has 110 valence electrons. The Morgan fingerprint density at radius 3 is 2.55 bits per heavy atom. The Labute approximate surface area is 121 Å². The lowest BCUT2D eigenvalue weighted by atomic mass is 9.68. The first-order valence-corrected chi connectivity index (χ1v) is 7.26. The van der Waals surface area contributed by atoms with Gasteiger partial charge in [0.25, 0.3) is 5.56 Å². The SMILES string of the molecule is CC12CCC(C1)C(C)(C)C2n1c(=O)[nH]c(Cl)c(F)c1=O. The number of hydrogen-bond donors (Lipinski definition) is 1. The average Bonchev–Trinajstić information content (AvgIpc) is 2.82. The van der Waals surface area contributed by atoms with Gasteiger partial charge in [0.15, 0.2) is 5.15 Å². The second kappa shape index (κ2) is 3.97. The van der Waals surface area contributed by atoms with Crippen LogP contribution in [0.3, 0.4) is 0 Å². The number of fused-ring (bicyclic) bond motifs is 2. The average molecular weight is 301 g/mol. The van der Waals surface area contributed by atoms with E-state index in [1.807, 2.05) is 0 Å². The van der Waals surface area contributed by atoms with Crippen molar-refractivity contribution >= 4 is 11.6 Å². The Kier molecular flexibility index (Phi) is 2.75. The lowest BCUT2D eigenvalue weighted by molar-refractivity contribution is 0.0758. The number of rotatable bonds is 1. The Morgan fingerprint density at radius 1 is 1.35 bits per heavy atom. The highest BCUT2D eigenvalue weighted by atomic mass is 35.5. The molecule has 0 aromatic carbocycles. The molecule has 2 saturated carbocycles. The van der Waals surface area contributed by atoms with E-state index < -0.39 is 22.2 Å². The fourth-order valence-electron chi connectivity index (χ4n) is 4.66.